The molecule has 160 valence electrons. The summed E-state index contributed by atoms with van der Waals surface area (Å²) in [6.07, 6.45) is 0.0360. The van der Waals surface area contributed by atoms with Gasteiger partial charge in [-0.05, 0) is 58.9 Å². The fourth-order valence-electron chi connectivity index (χ4n) is 3.85. The number of carboxylic acid groups (broad SMARTS) is 1. The number of ether oxygens (including phenoxy) is 2. The van der Waals surface area contributed by atoms with Gasteiger partial charge in [0.2, 0.25) is 0 Å². The first-order chi connectivity index (χ1) is 14.9. The zero-order valence-electron chi connectivity index (χ0n) is 17.0. The van der Waals surface area contributed by atoms with Crippen LogP contribution in [0.4, 0.5) is 4.39 Å². The monoisotopic (exact) mass is 422 g/mol. The van der Waals surface area contributed by atoms with E-state index in [1.54, 1.807) is 18.2 Å². The van der Waals surface area contributed by atoms with Gasteiger partial charge in [-0.2, -0.15) is 0 Å². The van der Waals surface area contributed by atoms with Crippen molar-refractivity contribution in [3.05, 3.63) is 83.2 Å². The number of carboxylic acids is 1. The van der Waals surface area contributed by atoms with E-state index in [4.69, 9.17) is 14.6 Å². The van der Waals surface area contributed by atoms with Crippen molar-refractivity contribution in [2.75, 3.05) is 7.11 Å². The normalized spacial score (nSPS) is 16.2. The molecule has 1 unspecified atom stereocenters. The summed E-state index contributed by atoms with van der Waals surface area (Å²) >= 11 is 0. The first-order valence-corrected chi connectivity index (χ1v) is 10.1. The van der Waals surface area contributed by atoms with Crippen LogP contribution in [0.25, 0.3) is 11.1 Å². The SMILES string of the molecule is COc1cc(F)cc(-c2ccc(C3CCc4ccc([C@H](O)CC(=O)O)cc4O3)cc2)c1. The molecular weight excluding hydrogens is 399 g/mol. The second-order valence-electron chi connectivity index (χ2n) is 7.63. The minimum atomic E-state index is -1.07. The lowest BCUT2D eigenvalue weighted by Crippen LogP contribution is -2.16. The molecule has 1 aliphatic heterocycles. The molecule has 6 heteroatoms. The number of rotatable bonds is 6. The van der Waals surface area contributed by atoms with E-state index in [-0.39, 0.29) is 18.3 Å². The summed E-state index contributed by atoms with van der Waals surface area (Å²) in [5, 5.41) is 19.0. The molecule has 0 saturated heterocycles. The minimum Gasteiger partial charge on any atom is -0.497 e. The van der Waals surface area contributed by atoms with E-state index in [0.717, 1.165) is 35.1 Å². The Morgan fingerprint density at radius 2 is 1.90 bits per heavy atom. The summed E-state index contributed by atoms with van der Waals surface area (Å²) in [4.78, 5) is 10.9. The number of hydrogen-bond donors (Lipinski definition) is 2. The predicted octanol–water partition coefficient (Wildman–Crippen LogP) is 5.08. The maximum Gasteiger partial charge on any atom is 0.306 e. The number of aryl methyl sites for hydroxylation is 1. The zero-order valence-corrected chi connectivity index (χ0v) is 17.0. The third-order valence-corrected chi connectivity index (χ3v) is 5.51. The highest BCUT2D eigenvalue weighted by Gasteiger charge is 2.23. The van der Waals surface area contributed by atoms with Crippen LogP contribution in [0.2, 0.25) is 0 Å². The number of aliphatic hydroxyl groups is 1. The third kappa shape index (κ3) is 4.70. The number of aliphatic hydroxyl groups excluding tert-OH is 1. The van der Waals surface area contributed by atoms with Crippen LogP contribution in [-0.4, -0.2) is 23.3 Å². The number of carbonyl (C=O) groups is 1. The molecule has 2 N–H and O–H groups in total. The van der Waals surface area contributed by atoms with Gasteiger partial charge in [0.05, 0.1) is 19.6 Å². The van der Waals surface area contributed by atoms with Crippen molar-refractivity contribution in [2.45, 2.75) is 31.5 Å². The van der Waals surface area contributed by atoms with Gasteiger partial charge in [0.15, 0.2) is 0 Å². The van der Waals surface area contributed by atoms with E-state index in [9.17, 15) is 14.3 Å². The maximum absolute atomic E-state index is 13.8. The first-order valence-electron chi connectivity index (χ1n) is 10.1. The number of hydrogen-bond acceptors (Lipinski definition) is 4. The number of halogens is 1. The fourth-order valence-corrected chi connectivity index (χ4v) is 3.85. The lowest BCUT2D eigenvalue weighted by Gasteiger charge is -2.27. The topological polar surface area (TPSA) is 76.0 Å². The van der Waals surface area contributed by atoms with Crippen molar-refractivity contribution < 1.29 is 28.9 Å². The van der Waals surface area contributed by atoms with Crippen LogP contribution in [-0.2, 0) is 11.2 Å². The summed E-state index contributed by atoms with van der Waals surface area (Å²) in [5.41, 5.74) is 4.16. The molecular formula is C25H23FO5. The molecule has 1 heterocycles. The van der Waals surface area contributed by atoms with Crippen molar-refractivity contribution in [1.29, 1.82) is 0 Å². The molecule has 0 fully saturated rings. The Bertz CT molecular complexity index is 1090. The van der Waals surface area contributed by atoms with Gasteiger partial charge in [0, 0.05) is 6.07 Å². The highest BCUT2D eigenvalue weighted by molar-refractivity contribution is 5.68. The second kappa shape index (κ2) is 8.78. The van der Waals surface area contributed by atoms with Gasteiger partial charge < -0.3 is 19.7 Å². The van der Waals surface area contributed by atoms with Crippen molar-refractivity contribution >= 4 is 5.97 Å². The molecule has 0 spiro atoms. The standard InChI is InChI=1S/C25H23FO5/c1-30-21-11-19(10-20(26)13-21)15-2-4-16(5-3-15)23-9-8-17-6-7-18(12-24(17)31-23)22(27)14-25(28)29/h2-7,10-13,22-23,27H,8-9,14H2,1H3,(H,28,29)/t22-,23?/m1/s1. The molecule has 1 aliphatic rings. The number of methoxy groups -OCH3 is 1. The van der Waals surface area contributed by atoms with E-state index in [1.165, 1.54) is 19.2 Å². The molecule has 0 bridgehead atoms. The van der Waals surface area contributed by atoms with Crippen LogP contribution in [0.5, 0.6) is 11.5 Å². The van der Waals surface area contributed by atoms with Crippen molar-refractivity contribution in [3.63, 3.8) is 0 Å². The van der Waals surface area contributed by atoms with Crippen LogP contribution < -0.4 is 9.47 Å². The van der Waals surface area contributed by atoms with Crippen molar-refractivity contribution in [1.82, 2.24) is 0 Å². The predicted molar refractivity (Wildman–Crippen MR) is 114 cm³/mol. The largest absolute Gasteiger partial charge is 0.497 e. The highest BCUT2D eigenvalue weighted by Crippen LogP contribution is 2.37. The van der Waals surface area contributed by atoms with Crippen LogP contribution >= 0.6 is 0 Å². The van der Waals surface area contributed by atoms with E-state index < -0.39 is 12.1 Å². The molecule has 31 heavy (non-hydrogen) atoms. The molecule has 0 saturated carbocycles. The number of aliphatic carboxylic acids is 1. The Kier molecular flexibility index (Phi) is 5.91. The van der Waals surface area contributed by atoms with Crippen LogP contribution in [0.1, 0.15) is 41.7 Å². The Hall–Kier alpha value is -3.38. The molecule has 0 amide bonds. The van der Waals surface area contributed by atoms with Crippen molar-refractivity contribution in [2.24, 2.45) is 0 Å². The van der Waals surface area contributed by atoms with E-state index in [2.05, 4.69) is 0 Å². The van der Waals surface area contributed by atoms with E-state index in [1.807, 2.05) is 30.3 Å². The molecule has 0 radical (unpaired) electrons. The molecule has 2 atom stereocenters. The lowest BCUT2D eigenvalue weighted by atomic mass is 9.94. The quantitative estimate of drug-likeness (QED) is 0.580. The first kappa shape index (κ1) is 20.9. The van der Waals surface area contributed by atoms with Crippen LogP contribution in [0.15, 0.2) is 60.7 Å². The van der Waals surface area contributed by atoms with Gasteiger partial charge >= 0.3 is 5.97 Å². The highest BCUT2D eigenvalue weighted by atomic mass is 19.1. The summed E-state index contributed by atoms with van der Waals surface area (Å²) in [5.74, 6) is -0.282. The Morgan fingerprint density at radius 1 is 1.13 bits per heavy atom. The summed E-state index contributed by atoms with van der Waals surface area (Å²) < 4.78 is 25.1. The summed E-state index contributed by atoms with van der Waals surface area (Å²) in [6.45, 7) is 0. The fraction of sp³-hybridized carbons (Fsp3) is 0.240. The molecule has 4 rings (SSSR count). The van der Waals surface area contributed by atoms with E-state index >= 15 is 0 Å². The van der Waals surface area contributed by atoms with Gasteiger partial charge in [-0.1, -0.05) is 36.4 Å². The second-order valence-corrected chi connectivity index (χ2v) is 7.63. The van der Waals surface area contributed by atoms with Crippen molar-refractivity contribution in [3.8, 4) is 22.6 Å². The molecule has 3 aromatic rings. The molecule has 5 nitrogen and oxygen atoms in total. The van der Waals surface area contributed by atoms with E-state index in [0.29, 0.717) is 17.1 Å². The molecule has 0 aromatic heterocycles. The van der Waals surface area contributed by atoms with Gasteiger partial charge in [-0.25, -0.2) is 4.39 Å². The molecule has 0 aliphatic carbocycles. The van der Waals surface area contributed by atoms with Gasteiger partial charge in [0.1, 0.15) is 23.4 Å². The zero-order chi connectivity index (χ0) is 22.0. The van der Waals surface area contributed by atoms with Gasteiger partial charge in [0.25, 0.3) is 0 Å². The maximum atomic E-state index is 13.8. The Labute approximate surface area is 179 Å². The minimum absolute atomic E-state index is 0.157. The third-order valence-electron chi connectivity index (χ3n) is 5.51. The number of fused-ring (bicyclic) bond motifs is 1. The average Bonchev–Trinajstić information content (AvgIpc) is 2.77. The van der Waals surface area contributed by atoms with Crippen LogP contribution in [0, 0.1) is 5.82 Å². The van der Waals surface area contributed by atoms with Gasteiger partial charge in [-0.3, -0.25) is 4.79 Å². The van der Waals surface area contributed by atoms with Gasteiger partial charge in [-0.15, -0.1) is 0 Å². The Balaban J connectivity index is 1.53. The summed E-state index contributed by atoms with van der Waals surface area (Å²) in [7, 11) is 1.51. The Morgan fingerprint density at radius 3 is 2.61 bits per heavy atom. The molecule has 3 aromatic carbocycles. The number of benzene rings is 3. The summed E-state index contributed by atoms with van der Waals surface area (Å²) in [6, 6.07) is 17.7. The lowest BCUT2D eigenvalue weighted by molar-refractivity contribution is -0.139. The average molecular weight is 422 g/mol. The van der Waals surface area contributed by atoms with Crippen LogP contribution in [0.3, 0.4) is 0 Å². The smallest absolute Gasteiger partial charge is 0.306 e.